The van der Waals surface area contributed by atoms with E-state index in [1.54, 1.807) is 0 Å². The van der Waals surface area contributed by atoms with Crippen LogP contribution in [0.3, 0.4) is 0 Å². The molecule has 0 aliphatic rings. The molecule has 0 saturated carbocycles. The van der Waals surface area contributed by atoms with Crippen LogP contribution in [0.15, 0.2) is 12.1 Å². The van der Waals surface area contributed by atoms with Gasteiger partial charge in [0.2, 0.25) is 5.39 Å². The molecule has 1 atom stereocenters. The number of aryl methyl sites for hydroxylation is 3. The highest BCUT2D eigenvalue weighted by atomic mass is 32.2. The summed E-state index contributed by atoms with van der Waals surface area (Å²) in [6, 6.07) is 4.00. The van der Waals surface area contributed by atoms with Crippen molar-refractivity contribution in [3.8, 4) is 0 Å². The lowest BCUT2D eigenvalue weighted by molar-refractivity contribution is -0.635. The molecule has 6 nitrogen and oxygen atoms in total. The van der Waals surface area contributed by atoms with Crippen LogP contribution in [0.2, 0.25) is 0 Å². The molecule has 0 fully saturated rings. The summed E-state index contributed by atoms with van der Waals surface area (Å²) in [5, 5.41) is 17.1. The van der Waals surface area contributed by atoms with Crippen molar-refractivity contribution in [3.63, 3.8) is 0 Å². The van der Waals surface area contributed by atoms with E-state index in [0.717, 1.165) is 11.1 Å². The highest BCUT2D eigenvalue weighted by Gasteiger charge is 2.13. The average Bonchev–Trinajstić information content (AvgIpc) is 2.17. The minimum atomic E-state index is -2.88. The SMILES string of the molecule is Cc1cc(C)c([N+]#N)c(C)c1.O=S([O-])O[O-]. The van der Waals surface area contributed by atoms with Gasteiger partial charge in [0, 0.05) is 11.1 Å². The van der Waals surface area contributed by atoms with Crippen molar-refractivity contribution >= 4 is 17.0 Å². The summed E-state index contributed by atoms with van der Waals surface area (Å²) in [7, 11) is 0. The summed E-state index contributed by atoms with van der Waals surface area (Å²) >= 11 is -2.88. The molecule has 0 amide bonds. The van der Waals surface area contributed by atoms with Crippen molar-refractivity contribution in [2.75, 3.05) is 0 Å². The van der Waals surface area contributed by atoms with Gasteiger partial charge >= 0.3 is 5.69 Å². The van der Waals surface area contributed by atoms with Crippen molar-refractivity contribution < 1.29 is 18.4 Å². The van der Waals surface area contributed by atoms with Gasteiger partial charge in [-0.15, -0.1) is 0 Å². The van der Waals surface area contributed by atoms with Crippen molar-refractivity contribution in [1.29, 1.82) is 5.39 Å². The van der Waals surface area contributed by atoms with E-state index in [-0.39, 0.29) is 0 Å². The van der Waals surface area contributed by atoms with E-state index in [2.05, 4.69) is 9.31 Å². The van der Waals surface area contributed by atoms with Crippen LogP contribution in [-0.2, 0) is 15.7 Å². The van der Waals surface area contributed by atoms with Crippen LogP contribution in [0.1, 0.15) is 16.7 Å². The standard InChI is InChI=1S/C9H11N2.H2O4S/c1-6-4-7(2)9(11-10)8(3)5-6;1-4-5(2)3/h4-5H,1-3H3;1H,(H,2,3)/q+1;/p-2. The molecule has 1 aromatic carbocycles. The highest BCUT2D eigenvalue weighted by molar-refractivity contribution is 7.73. The maximum absolute atomic E-state index is 8.83. The first kappa shape index (κ1) is 14.7. The Morgan fingerprint density at radius 2 is 1.69 bits per heavy atom. The normalized spacial score (nSPS) is 11.0. The second-order valence-electron chi connectivity index (χ2n) is 3.12. The van der Waals surface area contributed by atoms with Gasteiger partial charge in [-0.05, 0) is 32.9 Å². The first-order valence-electron chi connectivity index (χ1n) is 4.24. The van der Waals surface area contributed by atoms with E-state index in [1.807, 2.05) is 32.9 Å². The number of nitrogens with zero attached hydrogens (tertiary/aromatic N) is 2. The summed E-state index contributed by atoms with van der Waals surface area (Å²) in [5.41, 5.74) is 3.93. The summed E-state index contributed by atoms with van der Waals surface area (Å²) < 4.78 is 20.1. The molecule has 0 spiro atoms. The lowest BCUT2D eigenvalue weighted by atomic mass is 10.1. The van der Waals surface area contributed by atoms with E-state index in [1.165, 1.54) is 5.56 Å². The minimum absolute atomic E-state index is 0.690. The molecule has 0 N–H and O–H groups in total. The van der Waals surface area contributed by atoms with E-state index >= 15 is 0 Å². The van der Waals surface area contributed by atoms with Gasteiger partial charge in [-0.25, -0.2) is 4.21 Å². The maximum atomic E-state index is 8.83. The van der Waals surface area contributed by atoms with Gasteiger partial charge in [0.15, 0.2) is 4.98 Å². The molecule has 0 aromatic heterocycles. The van der Waals surface area contributed by atoms with Crippen LogP contribution in [0.4, 0.5) is 5.69 Å². The predicted octanol–water partition coefficient (Wildman–Crippen LogP) is 1.17. The zero-order chi connectivity index (χ0) is 12.7. The van der Waals surface area contributed by atoms with Gasteiger partial charge in [-0.2, -0.15) is 0 Å². The topological polar surface area (TPSA) is 101 Å². The van der Waals surface area contributed by atoms with Crippen molar-refractivity contribution in [1.82, 2.24) is 0 Å². The molecule has 88 valence electrons. The van der Waals surface area contributed by atoms with Gasteiger partial charge in [0.1, 0.15) is 0 Å². The number of benzene rings is 1. The fraction of sp³-hybridized carbons (Fsp3) is 0.333. The molecule has 16 heavy (non-hydrogen) atoms. The van der Waals surface area contributed by atoms with Crippen molar-refractivity contribution in [2.24, 2.45) is 0 Å². The molecule has 0 radical (unpaired) electrons. The van der Waals surface area contributed by atoms with Crippen LogP contribution in [0.25, 0.3) is 4.98 Å². The molecule has 0 heterocycles. The van der Waals surface area contributed by atoms with Gasteiger partial charge in [-0.3, -0.25) is 0 Å². The Bertz CT molecular complexity index is 405. The van der Waals surface area contributed by atoms with Crippen LogP contribution >= 0.6 is 0 Å². The lowest BCUT2D eigenvalue weighted by Crippen LogP contribution is -2.06. The highest BCUT2D eigenvalue weighted by Crippen LogP contribution is 2.24. The second-order valence-corrected chi connectivity index (χ2v) is 3.66. The van der Waals surface area contributed by atoms with E-state index < -0.39 is 11.4 Å². The minimum Gasteiger partial charge on any atom is -0.750 e. The van der Waals surface area contributed by atoms with Crippen molar-refractivity contribution in [2.45, 2.75) is 20.8 Å². The molecule has 0 aliphatic carbocycles. The molecule has 7 heteroatoms. The summed E-state index contributed by atoms with van der Waals surface area (Å²) in [4.78, 5) is 3.21. The van der Waals surface area contributed by atoms with Gasteiger partial charge in [0.25, 0.3) is 0 Å². The summed E-state index contributed by atoms with van der Waals surface area (Å²) in [6.07, 6.45) is 0. The Labute approximate surface area is 95.9 Å². The molecule has 1 unspecified atom stereocenters. The fourth-order valence-corrected chi connectivity index (χ4v) is 1.33. The van der Waals surface area contributed by atoms with Crippen LogP contribution in [-0.4, -0.2) is 8.76 Å². The van der Waals surface area contributed by atoms with E-state index in [9.17, 15) is 0 Å². The molecular weight excluding hydrogens is 232 g/mol. The Morgan fingerprint density at radius 3 is 1.94 bits per heavy atom. The molecule has 0 bridgehead atoms. The van der Waals surface area contributed by atoms with Crippen LogP contribution in [0.5, 0.6) is 0 Å². The van der Waals surface area contributed by atoms with E-state index in [0.29, 0.717) is 5.69 Å². The first-order chi connectivity index (χ1) is 7.42. The molecule has 0 aliphatic heterocycles. The number of rotatable bonds is 1. The number of hydrogen-bond acceptors (Lipinski definition) is 5. The fourth-order valence-electron chi connectivity index (χ4n) is 1.33. The van der Waals surface area contributed by atoms with Crippen LogP contribution in [0, 0.1) is 26.2 Å². The third-order valence-corrected chi connectivity index (χ3v) is 1.90. The molecular formula is C9H11N2O4S-. The maximum Gasteiger partial charge on any atom is 0.390 e. The largest absolute Gasteiger partial charge is 0.750 e. The zero-order valence-corrected chi connectivity index (χ0v) is 9.91. The Kier molecular flexibility index (Phi) is 6.44. The Balaban J connectivity index is 0.000000385. The molecule has 1 aromatic rings. The zero-order valence-electron chi connectivity index (χ0n) is 9.09. The summed E-state index contributed by atoms with van der Waals surface area (Å²) in [5.74, 6) is 0. The third kappa shape index (κ3) is 4.95. The summed E-state index contributed by atoms with van der Waals surface area (Å²) in [6.45, 7) is 5.91. The monoisotopic (exact) mass is 243 g/mol. The van der Waals surface area contributed by atoms with Gasteiger partial charge in [0.05, 0.1) is 11.4 Å². The van der Waals surface area contributed by atoms with Gasteiger partial charge < -0.3 is 14.1 Å². The predicted molar refractivity (Wildman–Crippen MR) is 55.4 cm³/mol. The number of diazo groups is 1. The Hall–Kier alpha value is -1.33. The Morgan fingerprint density at radius 1 is 1.31 bits per heavy atom. The molecule has 1 rings (SSSR count). The number of hydrogen-bond donors (Lipinski definition) is 0. The molecule has 0 saturated heterocycles. The third-order valence-electron chi connectivity index (χ3n) is 1.79. The van der Waals surface area contributed by atoms with E-state index in [4.69, 9.17) is 19.4 Å². The lowest BCUT2D eigenvalue weighted by Gasteiger charge is -2.05. The smallest absolute Gasteiger partial charge is 0.390 e. The van der Waals surface area contributed by atoms with Gasteiger partial charge in [-0.1, -0.05) is 5.56 Å². The first-order valence-corrected chi connectivity index (χ1v) is 5.24. The van der Waals surface area contributed by atoms with Crippen LogP contribution < -0.4 is 5.26 Å². The second kappa shape index (κ2) is 7.03. The average molecular weight is 243 g/mol. The quantitative estimate of drug-likeness (QED) is 0.319. The van der Waals surface area contributed by atoms with Crippen molar-refractivity contribution in [3.05, 3.63) is 33.8 Å².